The van der Waals surface area contributed by atoms with E-state index < -0.39 is 35.3 Å². The molecular formula is C27H33FN4O7. The second-order valence-corrected chi connectivity index (χ2v) is 10.7. The number of hydrogen-bond acceptors (Lipinski definition) is 9. The molecule has 1 fully saturated rings. The molecule has 1 aliphatic heterocycles. The number of carbonyl (C=O) groups excluding carboxylic acids is 2. The number of aromatic nitrogens is 3. The standard InChI is InChI=1S/C27H33FN4O7/c1-26(2,3)25(36)38-15-37-13-19-22(34)23(35)27(4,39-19)20-11-10-18-24(29-14-30-32(18)20)31-21(33)12-7-16-5-8-17(28)9-6-16/h5-6,8-11,14,19,22-23,34-35H,7,12-13,15H2,1-4H3,(H,29,30,31,33)/t19-,22-,23-,27+/m1/s1. The van der Waals surface area contributed by atoms with Gasteiger partial charge >= 0.3 is 5.97 Å². The van der Waals surface area contributed by atoms with Gasteiger partial charge in [-0.05, 0) is 63.9 Å². The second-order valence-electron chi connectivity index (χ2n) is 10.7. The summed E-state index contributed by atoms with van der Waals surface area (Å²) in [4.78, 5) is 28.7. The highest BCUT2D eigenvalue weighted by Crippen LogP contribution is 2.40. The van der Waals surface area contributed by atoms with E-state index in [0.717, 1.165) is 5.56 Å². The highest BCUT2D eigenvalue weighted by Gasteiger charge is 2.53. The number of nitrogens with zero attached hydrogens (tertiary/aromatic N) is 3. The molecule has 0 spiro atoms. The summed E-state index contributed by atoms with van der Waals surface area (Å²) in [6.45, 7) is 6.33. The van der Waals surface area contributed by atoms with Crippen molar-refractivity contribution >= 4 is 23.2 Å². The molecule has 4 atom stereocenters. The average molecular weight is 545 g/mol. The molecule has 1 amide bonds. The van der Waals surface area contributed by atoms with Gasteiger partial charge in [0.2, 0.25) is 5.91 Å². The number of hydrogen-bond donors (Lipinski definition) is 3. The number of fused-ring (bicyclic) bond motifs is 1. The van der Waals surface area contributed by atoms with Gasteiger partial charge in [-0.2, -0.15) is 5.10 Å². The molecule has 3 N–H and O–H groups in total. The SMILES string of the molecule is CC(C)(C)C(=O)OCOC[C@H]1O[C@@](C)(c2ccc3c(NC(=O)CCc4ccc(F)cc4)ncnn23)[C@H](O)[C@@H]1O. The van der Waals surface area contributed by atoms with Crippen molar-refractivity contribution in [3.05, 3.63) is 59.8 Å². The van der Waals surface area contributed by atoms with Crippen LogP contribution in [-0.4, -0.2) is 68.4 Å². The van der Waals surface area contributed by atoms with E-state index in [-0.39, 0.29) is 37.4 Å². The first kappa shape index (κ1) is 28.6. The van der Waals surface area contributed by atoms with Crippen LogP contribution in [0, 0.1) is 11.2 Å². The Balaban J connectivity index is 1.42. The lowest BCUT2D eigenvalue weighted by atomic mass is 9.93. The summed E-state index contributed by atoms with van der Waals surface area (Å²) in [5.41, 5.74) is -0.340. The molecule has 4 rings (SSSR count). The third-order valence-corrected chi connectivity index (χ3v) is 6.61. The van der Waals surface area contributed by atoms with Crippen molar-refractivity contribution in [1.82, 2.24) is 14.6 Å². The minimum absolute atomic E-state index is 0.126. The van der Waals surface area contributed by atoms with Crippen LogP contribution in [0.3, 0.4) is 0 Å². The minimum Gasteiger partial charge on any atom is -0.438 e. The zero-order valence-corrected chi connectivity index (χ0v) is 22.3. The first-order valence-electron chi connectivity index (χ1n) is 12.6. The van der Waals surface area contributed by atoms with Crippen LogP contribution < -0.4 is 5.32 Å². The van der Waals surface area contributed by atoms with Crippen LogP contribution in [-0.2, 0) is 35.8 Å². The third-order valence-electron chi connectivity index (χ3n) is 6.61. The van der Waals surface area contributed by atoms with Crippen LogP contribution in [0.25, 0.3) is 5.52 Å². The van der Waals surface area contributed by atoms with Gasteiger partial charge in [0.05, 0.1) is 17.7 Å². The van der Waals surface area contributed by atoms with Crippen molar-refractivity contribution in [3.8, 4) is 0 Å². The van der Waals surface area contributed by atoms with E-state index in [1.807, 2.05) is 0 Å². The summed E-state index contributed by atoms with van der Waals surface area (Å²) in [6, 6.07) is 9.29. The van der Waals surface area contributed by atoms with Crippen molar-refractivity contribution in [2.45, 2.75) is 64.4 Å². The fourth-order valence-electron chi connectivity index (χ4n) is 4.31. The molecule has 210 valence electrons. The maximum atomic E-state index is 13.1. The summed E-state index contributed by atoms with van der Waals surface area (Å²) in [6.07, 6.45) is -1.67. The summed E-state index contributed by atoms with van der Waals surface area (Å²) in [5, 5.41) is 28.6. The predicted molar refractivity (Wildman–Crippen MR) is 137 cm³/mol. The number of ether oxygens (including phenoxy) is 3. The van der Waals surface area contributed by atoms with Crippen LogP contribution in [0.4, 0.5) is 10.2 Å². The highest BCUT2D eigenvalue weighted by molar-refractivity contribution is 5.93. The van der Waals surface area contributed by atoms with Crippen molar-refractivity contribution in [3.63, 3.8) is 0 Å². The maximum absolute atomic E-state index is 13.1. The Morgan fingerprint density at radius 1 is 1.18 bits per heavy atom. The van der Waals surface area contributed by atoms with Crippen LogP contribution in [0.1, 0.15) is 45.4 Å². The first-order valence-corrected chi connectivity index (χ1v) is 12.6. The maximum Gasteiger partial charge on any atom is 0.313 e. The molecule has 3 aromatic rings. The monoisotopic (exact) mass is 544 g/mol. The van der Waals surface area contributed by atoms with Gasteiger partial charge in [-0.3, -0.25) is 9.59 Å². The first-order chi connectivity index (χ1) is 18.4. The molecule has 3 heterocycles. The van der Waals surface area contributed by atoms with Crippen molar-refractivity contribution < 1.29 is 38.4 Å². The van der Waals surface area contributed by atoms with E-state index in [1.165, 1.54) is 23.0 Å². The fraction of sp³-hybridized carbons (Fsp3) is 0.481. The van der Waals surface area contributed by atoms with E-state index in [0.29, 0.717) is 17.6 Å². The minimum atomic E-state index is -1.37. The van der Waals surface area contributed by atoms with Gasteiger partial charge in [0.15, 0.2) is 12.6 Å². The van der Waals surface area contributed by atoms with Gasteiger partial charge in [-0.15, -0.1) is 0 Å². The van der Waals surface area contributed by atoms with E-state index in [4.69, 9.17) is 14.2 Å². The number of anilines is 1. The summed E-state index contributed by atoms with van der Waals surface area (Å²) in [5.74, 6) is -0.796. The quantitative estimate of drug-likeness (QED) is 0.210. The molecule has 39 heavy (non-hydrogen) atoms. The van der Waals surface area contributed by atoms with Crippen LogP contribution in [0.2, 0.25) is 0 Å². The normalized spacial score (nSPS) is 23.2. The topological polar surface area (TPSA) is 145 Å². The predicted octanol–water partition coefficient (Wildman–Crippen LogP) is 2.34. The second kappa shape index (κ2) is 11.3. The highest BCUT2D eigenvalue weighted by atomic mass is 19.1. The van der Waals surface area contributed by atoms with Gasteiger partial charge in [-0.25, -0.2) is 13.9 Å². The van der Waals surface area contributed by atoms with Gasteiger partial charge in [0, 0.05) is 6.42 Å². The number of aliphatic hydroxyl groups excluding tert-OH is 2. The number of amides is 1. The Kier molecular flexibility index (Phi) is 8.31. The average Bonchev–Trinajstić information content (AvgIpc) is 3.42. The Hall–Kier alpha value is -3.45. The van der Waals surface area contributed by atoms with Crippen LogP contribution >= 0.6 is 0 Å². The molecule has 0 saturated carbocycles. The van der Waals surface area contributed by atoms with Crippen LogP contribution in [0.15, 0.2) is 42.7 Å². The van der Waals surface area contributed by atoms with Crippen molar-refractivity contribution in [2.75, 3.05) is 18.7 Å². The Bertz CT molecular complexity index is 1320. The van der Waals surface area contributed by atoms with Crippen LogP contribution in [0.5, 0.6) is 0 Å². The number of esters is 1. The number of aliphatic hydroxyl groups is 2. The lowest BCUT2D eigenvalue weighted by Gasteiger charge is -2.27. The van der Waals surface area contributed by atoms with E-state index in [9.17, 15) is 24.2 Å². The smallest absolute Gasteiger partial charge is 0.313 e. The Labute approximate surface area is 224 Å². The van der Waals surface area contributed by atoms with Gasteiger partial charge in [-0.1, -0.05) is 12.1 Å². The fourth-order valence-corrected chi connectivity index (χ4v) is 4.31. The van der Waals surface area contributed by atoms with Crippen molar-refractivity contribution in [1.29, 1.82) is 0 Å². The lowest BCUT2D eigenvalue weighted by Crippen LogP contribution is -2.39. The molecule has 0 aliphatic carbocycles. The Morgan fingerprint density at radius 3 is 2.59 bits per heavy atom. The molecule has 1 saturated heterocycles. The third kappa shape index (κ3) is 6.25. The number of rotatable bonds is 9. The van der Waals surface area contributed by atoms with E-state index >= 15 is 0 Å². The number of halogens is 1. The number of aryl methyl sites for hydroxylation is 1. The summed E-state index contributed by atoms with van der Waals surface area (Å²) in [7, 11) is 0. The molecule has 1 aromatic carbocycles. The van der Waals surface area contributed by atoms with Gasteiger partial charge in [0.1, 0.15) is 41.6 Å². The lowest BCUT2D eigenvalue weighted by molar-refractivity contribution is -0.171. The largest absolute Gasteiger partial charge is 0.438 e. The van der Waals surface area contributed by atoms with E-state index in [2.05, 4.69) is 15.4 Å². The molecule has 1 aliphatic rings. The number of carbonyl (C=O) groups is 2. The number of nitrogens with one attached hydrogen (secondary N) is 1. The molecule has 2 aromatic heterocycles. The molecular weight excluding hydrogens is 511 g/mol. The molecule has 0 radical (unpaired) electrons. The molecule has 12 heteroatoms. The molecule has 0 unspecified atom stereocenters. The molecule has 11 nitrogen and oxygen atoms in total. The molecule has 0 bridgehead atoms. The van der Waals surface area contributed by atoms with Gasteiger partial charge < -0.3 is 29.7 Å². The van der Waals surface area contributed by atoms with Crippen molar-refractivity contribution in [2.24, 2.45) is 5.41 Å². The number of benzene rings is 1. The zero-order chi connectivity index (χ0) is 28.4. The van der Waals surface area contributed by atoms with Gasteiger partial charge in [0.25, 0.3) is 0 Å². The summed E-state index contributed by atoms with van der Waals surface area (Å²) >= 11 is 0. The Morgan fingerprint density at radius 2 is 1.90 bits per heavy atom. The zero-order valence-electron chi connectivity index (χ0n) is 22.3. The summed E-state index contributed by atoms with van der Waals surface area (Å²) < 4.78 is 31.1. The van der Waals surface area contributed by atoms with E-state index in [1.54, 1.807) is 52.0 Å².